The molecule has 0 aliphatic carbocycles. The minimum absolute atomic E-state index is 0.108. The molecule has 0 aliphatic rings. The standard InChI is InChI=1S/C9H12O3S2/c10-7(8-2-1-4-14-8)3-5-13-6-9(11)12/h1-2,4,7,10H,3,5-6H2,(H,11,12)/t7-/m0/s1. The van der Waals surface area contributed by atoms with Gasteiger partial charge >= 0.3 is 5.97 Å². The maximum atomic E-state index is 10.2. The van der Waals surface area contributed by atoms with E-state index in [9.17, 15) is 9.90 Å². The van der Waals surface area contributed by atoms with Gasteiger partial charge in [-0.1, -0.05) is 6.07 Å². The first-order valence-electron chi connectivity index (χ1n) is 4.21. The summed E-state index contributed by atoms with van der Waals surface area (Å²) in [6, 6.07) is 3.78. The van der Waals surface area contributed by atoms with Gasteiger partial charge in [-0.3, -0.25) is 4.79 Å². The van der Waals surface area contributed by atoms with Gasteiger partial charge in [0.25, 0.3) is 0 Å². The zero-order valence-electron chi connectivity index (χ0n) is 7.55. The lowest BCUT2D eigenvalue weighted by Crippen LogP contribution is -2.01. The molecule has 1 aromatic heterocycles. The van der Waals surface area contributed by atoms with E-state index in [0.717, 1.165) is 4.88 Å². The number of thiophene rings is 1. The minimum Gasteiger partial charge on any atom is -0.481 e. The minimum atomic E-state index is -0.805. The van der Waals surface area contributed by atoms with Crippen molar-refractivity contribution in [2.24, 2.45) is 0 Å². The third kappa shape index (κ3) is 4.13. The molecule has 5 heteroatoms. The highest BCUT2D eigenvalue weighted by Crippen LogP contribution is 2.22. The molecule has 0 saturated heterocycles. The number of hydrogen-bond acceptors (Lipinski definition) is 4. The molecule has 3 nitrogen and oxygen atoms in total. The summed E-state index contributed by atoms with van der Waals surface area (Å²) in [5.74, 6) is -0.0247. The first kappa shape index (κ1) is 11.6. The number of hydrogen-bond donors (Lipinski definition) is 2. The number of carboxylic acid groups (broad SMARTS) is 1. The van der Waals surface area contributed by atoms with Crippen LogP contribution < -0.4 is 0 Å². The number of aliphatic hydroxyl groups excluding tert-OH is 1. The molecule has 14 heavy (non-hydrogen) atoms. The predicted molar refractivity (Wildman–Crippen MR) is 58.9 cm³/mol. The van der Waals surface area contributed by atoms with Gasteiger partial charge in [0, 0.05) is 4.88 Å². The molecule has 0 saturated carbocycles. The zero-order valence-corrected chi connectivity index (χ0v) is 9.18. The van der Waals surface area contributed by atoms with Gasteiger partial charge in [0.1, 0.15) is 0 Å². The van der Waals surface area contributed by atoms with Crippen LogP contribution in [0.3, 0.4) is 0 Å². The van der Waals surface area contributed by atoms with Crippen LogP contribution >= 0.6 is 23.1 Å². The fourth-order valence-electron chi connectivity index (χ4n) is 0.978. The van der Waals surface area contributed by atoms with Crippen molar-refractivity contribution in [2.75, 3.05) is 11.5 Å². The second-order valence-electron chi connectivity index (χ2n) is 2.77. The Hall–Kier alpha value is -0.520. The van der Waals surface area contributed by atoms with Crippen LogP contribution in [0.2, 0.25) is 0 Å². The molecule has 0 radical (unpaired) electrons. The van der Waals surface area contributed by atoms with Crippen LogP contribution in [0, 0.1) is 0 Å². The number of rotatable bonds is 6. The van der Waals surface area contributed by atoms with Crippen LogP contribution in [-0.4, -0.2) is 27.7 Å². The summed E-state index contributed by atoms with van der Waals surface area (Å²) >= 11 is 2.85. The quantitative estimate of drug-likeness (QED) is 0.736. The molecule has 1 atom stereocenters. The van der Waals surface area contributed by atoms with E-state index in [2.05, 4.69) is 0 Å². The third-order valence-electron chi connectivity index (χ3n) is 1.63. The van der Waals surface area contributed by atoms with Gasteiger partial charge in [0.15, 0.2) is 0 Å². The van der Waals surface area contributed by atoms with Gasteiger partial charge in [0.2, 0.25) is 0 Å². The number of thioether (sulfide) groups is 1. The fourth-order valence-corrected chi connectivity index (χ4v) is 2.43. The lowest BCUT2D eigenvalue weighted by molar-refractivity contribution is -0.133. The van der Waals surface area contributed by atoms with Crippen molar-refractivity contribution in [1.29, 1.82) is 0 Å². The Morgan fingerprint density at radius 1 is 1.64 bits per heavy atom. The van der Waals surface area contributed by atoms with Crippen LogP contribution in [0.1, 0.15) is 17.4 Å². The summed E-state index contributed by atoms with van der Waals surface area (Å²) in [6.45, 7) is 0. The summed E-state index contributed by atoms with van der Waals surface area (Å²) < 4.78 is 0. The molecule has 2 N–H and O–H groups in total. The van der Waals surface area contributed by atoms with Gasteiger partial charge < -0.3 is 10.2 Å². The number of carboxylic acids is 1. The number of carbonyl (C=O) groups is 1. The molecule has 0 aromatic carbocycles. The van der Waals surface area contributed by atoms with Crippen LogP contribution in [0.4, 0.5) is 0 Å². The summed E-state index contributed by atoms with van der Waals surface area (Å²) in [5, 5.41) is 19.9. The first-order chi connectivity index (χ1) is 6.70. The SMILES string of the molecule is O=C(O)CSCC[C@H](O)c1cccs1. The maximum absolute atomic E-state index is 10.2. The van der Waals surface area contributed by atoms with Crippen molar-refractivity contribution in [3.05, 3.63) is 22.4 Å². The van der Waals surface area contributed by atoms with E-state index < -0.39 is 12.1 Å². The highest BCUT2D eigenvalue weighted by Gasteiger charge is 2.08. The second kappa shape index (κ2) is 6.06. The summed E-state index contributed by atoms with van der Waals surface area (Å²) in [7, 11) is 0. The van der Waals surface area contributed by atoms with Crippen molar-refractivity contribution < 1.29 is 15.0 Å². The predicted octanol–water partition coefficient (Wildman–Crippen LogP) is 1.99. The number of aliphatic carboxylic acids is 1. The molecule has 1 rings (SSSR count). The lowest BCUT2D eigenvalue weighted by atomic mass is 10.2. The second-order valence-corrected chi connectivity index (χ2v) is 4.85. The van der Waals surface area contributed by atoms with E-state index >= 15 is 0 Å². The van der Waals surface area contributed by atoms with Gasteiger partial charge in [-0.2, -0.15) is 11.8 Å². The van der Waals surface area contributed by atoms with Crippen molar-refractivity contribution in [3.63, 3.8) is 0 Å². The van der Waals surface area contributed by atoms with Crippen LogP contribution in [0.5, 0.6) is 0 Å². The molecule has 0 spiro atoms. The molecule has 0 amide bonds. The van der Waals surface area contributed by atoms with E-state index in [1.165, 1.54) is 23.1 Å². The maximum Gasteiger partial charge on any atom is 0.313 e. The summed E-state index contributed by atoms with van der Waals surface area (Å²) in [4.78, 5) is 11.1. The largest absolute Gasteiger partial charge is 0.481 e. The van der Waals surface area contributed by atoms with E-state index in [-0.39, 0.29) is 5.75 Å². The van der Waals surface area contributed by atoms with Crippen molar-refractivity contribution in [3.8, 4) is 0 Å². The molecule has 0 unspecified atom stereocenters. The highest BCUT2D eigenvalue weighted by atomic mass is 32.2. The molecule has 0 bridgehead atoms. The molecule has 78 valence electrons. The zero-order chi connectivity index (χ0) is 10.4. The van der Waals surface area contributed by atoms with E-state index in [0.29, 0.717) is 12.2 Å². The van der Waals surface area contributed by atoms with Gasteiger partial charge in [-0.25, -0.2) is 0 Å². The van der Waals surface area contributed by atoms with Gasteiger partial charge in [0.05, 0.1) is 11.9 Å². The summed E-state index contributed by atoms with van der Waals surface area (Å²) in [6.07, 6.45) is 0.162. The van der Waals surface area contributed by atoms with Crippen molar-refractivity contribution in [1.82, 2.24) is 0 Å². The van der Waals surface area contributed by atoms with E-state index in [1.807, 2.05) is 17.5 Å². The molecule has 1 aromatic rings. The van der Waals surface area contributed by atoms with Crippen molar-refractivity contribution in [2.45, 2.75) is 12.5 Å². The monoisotopic (exact) mass is 232 g/mol. The molecule has 0 aliphatic heterocycles. The van der Waals surface area contributed by atoms with Gasteiger partial charge in [-0.05, 0) is 23.6 Å². The van der Waals surface area contributed by atoms with E-state index in [1.54, 1.807) is 0 Å². The Kier molecular flexibility index (Phi) is 5.00. The Bertz CT molecular complexity index is 272. The molecule has 1 heterocycles. The average molecular weight is 232 g/mol. The molecular weight excluding hydrogens is 220 g/mol. The summed E-state index contributed by atoms with van der Waals surface area (Å²) in [5.41, 5.74) is 0. The smallest absolute Gasteiger partial charge is 0.313 e. The highest BCUT2D eigenvalue weighted by molar-refractivity contribution is 7.99. The normalized spacial score (nSPS) is 12.6. The number of aliphatic hydroxyl groups is 1. The topological polar surface area (TPSA) is 57.5 Å². The Morgan fingerprint density at radius 3 is 3.00 bits per heavy atom. The lowest BCUT2D eigenvalue weighted by Gasteiger charge is -2.06. The van der Waals surface area contributed by atoms with Crippen LogP contribution in [0.15, 0.2) is 17.5 Å². The first-order valence-corrected chi connectivity index (χ1v) is 6.24. The Balaban J connectivity index is 2.16. The molecular formula is C9H12O3S2. The average Bonchev–Trinajstić information content (AvgIpc) is 2.64. The fraction of sp³-hybridized carbons (Fsp3) is 0.444. The van der Waals surface area contributed by atoms with Gasteiger partial charge in [-0.15, -0.1) is 11.3 Å². The van der Waals surface area contributed by atoms with Crippen LogP contribution in [0.25, 0.3) is 0 Å². The van der Waals surface area contributed by atoms with E-state index in [4.69, 9.17) is 5.11 Å². The third-order valence-corrected chi connectivity index (χ3v) is 3.58. The molecule has 0 fully saturated rings. The van der Waals surface area contributed by atoms with Crippen LogP contribution in [-0.2, 0) is 4.79 Å². The Labute approximate surface area is 90.8 Å². The van der Waals surface area contributed by atoms with Crippen molar-refractivity contribution >= 4 is 29.1 Å². The Morgan fingerprint density at radius 2 is 2.43 bits per heavy atom.